The molecule has 0 saturated carbocycles. The predicted octanol–water partition coefficient (Wildman–Crippen LogP) is 4.89. The third-order valence-electron chi connectivity index (χ3n) is 5.44. The van der Waals surface area contributed by atoms with E-state index in [9.17, 15) is 9.59 Å². The number of amides is 2. The lowest BCUT2D eigenvalue weighted by Crippen LogP contribution is -2.48. The maximum Gasteiger partial charge on any atom is 0.242 e. The number of hydrogen-bond donors (Lipinski definition) is 1. The molecule has 6 nitrogen and oxygen atoms in total. The van der Waals surface area contributed by atoms with Gasteiger partial charge in [0.05, 0.1) is 0 Å². The van der Waals surface area contributed by atoms with Gasteiger partial charge in [0.2, 0.25) is 11.8 Å². The smallest absolute Gasteiger partial charge is 0.242 e. The fraction of sp³-hybridized carbons (Fsp3) is 0.440. The molecule has 2 aromatic rings. The number of hydrogen-bond acceptors (Lipinski definition) is 4. The molecule has 1 heterocycles. The van der Waals surface area contributed by atoms with Gasteiger partial charge in [-0.2, -0.15) is 0 Å². The molecule has 1 N–H and O–H groups in total. The van der Waals surface area contributed by atoms with Crippen molar-refractivity contribution in [1.29, 1.82) is 0 Å². The van der Waals surface area contributed by atoms with E-state index in [0.717, 1.165) is 11.1 Å². The van der Waals surface area contributed by atoms with E-state index >= 15 is 0 Å². The van der Waals surface area contributed by atoms with Crippen molar-refractivity contribution in [2.75, 3.05) is 19.8 Å². The number of halogens is 2. The van der Waals surface area contributed by atoms with Crippen LogP contribution in [0.4, 0.5) is 0 Å². The van der Waals surface area contributed by atoms with Crippen LogP contribution in [0.5, 0.6) is 11.5 Å². The van der Waals surface area contributed by atoms with Crippen LogP contribution >= 0.6 is 23.2 Å². The molecular weight excluding hydrogens is 463 g/mol. The van der Waals surface area contributed by atoms with Gasteiger partial charge >= 0.3 is 0 Å². The topological polar surface area (TPSA) is 67.9 Å². The molecule has 0 saturated heterocycles. The third kappa shape index (κ3) is 7.02. The Balaban J connectivity index is 1.73. The molecule has 1 aliphatic heterocycles. The zero-order valence-electron chi connectivity index (χ0n) is 19.2. The summed E-state index contributed by atoms with van der Waals surface area (Å²) >= 11 is 12.4. The lowest BCUT2D eigenvalue weighted by atomic mass is 10.1. The highest BCUT2D eigenvalue weighted by Gasteiger charge is 2.26. The normalized spacial score (nSPS) is 13.5. The Labute approximate surface area is 205 Å². The summed E-state index contributed by atoms with van der Waals surface area (Å²) in [7, 11) is 0. The molecule has 2 aromatic carbocycles. The molecule has 3 rings (SSSR count). The van der Waals surface area contributed by atoms with Crippen LogP contribution in [0.15, 0.2) is 36.4 Å². The van der Waals surface area contributed by atoms with Crippen molar-refractivity contribution in [3.8, 4) is 11.5 Å². The van der Waals surface area contributed by atoms with Crippen molar-refractivity contribution in [1.82, 2.24) is 10.2 Å². The summed E-state index contributed by atoms with van der Waals surface area (Å²) in [6.07, 6.45) is 0.757. The highest BCUT2D eigenvalue weighted by Crippen LogP contribution is 2.31. The van der Waals surface area contributed by atoms with Crippen LogP contribution in [0.1, 0.15) is 38.3 Å². The van der Waals surface area contributed by atoms with Crippen molar-refractivity contribution in [3.63, 3.8) is 0 Å². The van der Waals surface area contributed by atoms with Crippen LogP contribution in [-0.4, -0.2) is 42.5 Å². The first-order valence-corrected chi connectivity index (χ1v) is 11.9. The summed E-state index contributed by atoms with van der Waals surface area (Å²) in [4.78, 5) is 27.6. The summed E-state index contributed by atoms with van der Waals surface area (Å²) in [5, 5.41) is 3.89. The molecule has 1 atom stereocenters. The molecule has 2 amide bonds. The average Bonchev–Trinajstić information content (AvgIpc) is 2.80. The van der Waals surface area contributed by atoms with Gasteiger partial charge in [0.1, 0.15) is 19.3 Å². The molecule has 1 aliphatic rings. The molecule has 1 unspecified atom stereocenters. The van der Waals surface area contributed by atoms with Crippen LogP contribution in [0.25, 0.3) is 0 Å². The second-order valence-electron chi connectivity index (χ2n) is 8.55. The molecule has 0 spiro atoms. The standard InChI is InChI=1S/C25H30Cl2N2O4/c1-16(2)14-28-25(31)17(3)29(15-19-6-7-20(26)13-21(19)27)24(30)9-5-18-4-8-22-23(12-18)33-11-10-32-22/h4,6-8,12-13,16-17H,5,9-11,14-15H2,1-3H3,(H,28,31). The second kappa shape index (κ2) is 11.6. The first-order chi connectivity index (χ1) is 15.7. The molecule has 178 valence electrons. The highest BCUT2D eigenvalue weighted by molar-refractivity contribution is 6.35. The summed E-state index contributed by atoms with van der Waals surface area (Å²) in [6.45, 7) is 7.58. The van der Waals surface area contributed by atoms with Gasteiger partial charge < -0.3 is 19.7 Å². The van der Waals surface area contributed by atoms with E-state index in [1.165, 1.54) is 0 Å². The lowest BCUT2D eigenvalue weighted by Gasteiger charge is -2.29. The van der Waals surface area contributed by atoms with E-state index in [0.29, 0.717) is 53.6 Å². The van der Waals surface area contributed by atoms with Gasteiger partial charge in [-0.15, -0.1) is 0 Å². The summed E-state index contributed by atoms with van der Waals surface area (Å²) in [5.41, 5.74) is 1.70. The van der Waals surface area contributed by atoms with Gasteiger partial charge in [0, 0.05) is 29.6 Å². The number of nitrogens with zero attached hydrogens (tertiary/aromatic N) is 1. The molecule has 33 heavy (non-hydrogen) atoms. The zero-order chi connectivity index (χ0) is 24.0. The summed E-state index contributed by atoms with van der Waals surface area (Å²) in [5.74, 6) is 1.39. The zero-order valence-corrected chi connectivity index (χ0v) is 20.7. The van der Waals surface area contributed by atoms with Gasteiger partial charge in [-0.05, 0) is 54.7 Å². The van der Waals surface area contributed by atoms with Crippen LogP contribution in [0.2, 0.25) is 10.0 Å². The first-order valence-electron chi connectivity index (χ1n) is 11.1. The van der Waals surface area contributed by atoms with Crippen LogP contribution in [0, 0.1) is 5.92 Å². The van der Waals surface area contributed by atoms with Crippen LogP contribution < -0.4 is 14.8 Å². The Morgan fingerprint density at radius 1 is 1.03 bits per heavy atom. The first kappa shape index (κ1) is 25.2. The molecule has 8 heteroatoms. The second-order valence-corrected chi connectivity index (χ2v) is 9.39. The minimum Gasteiger partial charge on any atom is -0.486 e. The monoisotopic (exact) mass is 492 g/mol. The number of ether oxygens (including phenoxy) is 2. The Kier molecular flexibility index (Phi) is 8.87. The molecule has 0 fully saturated rings. The fourth-order valence-corrected chi connectivity index (χ4v) is 3.97. The van der Waals surface area contributed by atoms with Crippen molar-refractivity contribution in [2.45, 2.75) is 46.2 Å². The van der Waals surface area contributed by atoms with Crippen molar-refractivity contribution in [3.05, 3.63) is 57.6 Å². The van der Waals surface area contributed by atoms with E-state index in [4.69, 9.17) is 32.7 Å². The van der Waals surface area contributed by atoms with Crippen molar-refractivity contribution < 1.29 is 19.1 Å². The van der Waals surface area contributed by atoms with Gasteiger partial charge in [0.15, 0.2) is 11.5 Å². The van der Waals surface area contributed by atoms with Gasteiger partial charge in [-0.25, -0.2) is 0 Å². The summed E-state index contributed by atoms with van der Waals surface area (Å²) in [6, 6.07) is 10.2. The Morgan fingerprint density at radius 2 is 1.76 bits per heavy atom. The highest BCUT2D eigenvalue weighted by atomic mass is 35.5. The average molecular weight is 493 g/mol. The maximum atomic E-state index is 13.3. The van der Waals surface area contributed by atoms with E-state index < -0.39 is 6.04 Å². The Bertz CT molecular complexity index is 996. The Morgan fingerprint density at radius 3 is 2.45 bits per heavy atom. The van der Waals surface area contributed by atoms with Gasteiger partial charge in [0.25, 0.3) is 0 Å². The summed E-state index contributed by atoms with van der Waals surface area (Å²) < 4.78 is 11.2. The number of benzene rings is 2. The van der Waals surface area contributed by atoms with Crippen molar-refractivity contribution >= 4 is 35.0 Å². The fourth-order valence-electron chi connectivity index (χ4n) is 3.51. The van der Waals surface area contributed by atoms with E-state index in [2.05, 4.69) is 5.32 Å². The van der Waals surface area contributed by atoms with Gasteiger partial charge in [-0.3, -0.25) is 9.59 Å². The predicted molar refractivity (Wildman–Crippen MR) is 130 cm³/mol. The van der Waals surface area contributed by atoms with Crippen LogP contribution in [0.3, 0.4) is 0 Å². The molecule has 0 bridgehead atoms. The number of aryl methyl sites for hydroxylation is 1. The Hall–Kier alpha value is -2.44. The number of carbonyl (C=O) groups is 2. The number of rotatable bonds is 9. The molecule has 0 radical (unpaired) electrons. The molecule has 0 aliphatic carbocycles. The molecule has 0 aromatic heterocycles. The minimum atomic E-state index is -0.650. The van der Waals surface area contributed by atoms with E-state index in [-0.39, 0.29) is 24.8 Å². The minimum absolute atomic E-state index is 0.136. The van der Waals surface area contributed by atoms with E-state index in [1.807, 2.05) is 32.0 Å². The lowest BCUT2D eigenvalue weighted by molar-refractivity contribution is -0.140. The maximum absolute atomic E-state index is 13.3. The quantitative estimate of drug-likeness (QED) is 0.541. The van der Waals surface area contributed by atoms with Crippen molar-refractivity contribution in [2.24, 2.45) is 5.92 Å². The SMILES string of the molecule is CC(C)CNC(=O)C(C)N(Cc1ccc(Cl)cc1Cl)C(=O)CCc1ccc2c(c1)OCCO2. The molecular formula is C25H30Cl2N2O4. The number of fused-ring (bicyclic) bond motifs is 1. The van der Waals surface area contributed by atoms with Crippen LogP contribution in [-0.2, 0) is 22.6 Å². The largest absolute Gasteiger partial charge is 0.486 e. The third-order valence-corrected chi connectivity index (χ3v) is 6.03. The van der Waals surface area contributed by atoms with E-state index in [1.54, 1.807) is 30.0 Å². The number of carbonyl (C=O) groups excluding carboxylic acids is 2. The van der Waals surface area contributed by atoms with Gasteiger partial charge in [-0.1, -0.05) is 49.2 Å². The number of nitrogens with one attached hydrogen (secondary N) is 1.